The number of rotatable bonds is 8. The van der Waals surface area contributed by atoms with Crippen LogP contribution in [0.25, 0.3) is 0 Å². The lowest BCUT2D eigenvalue weighted by Gasteiger charge is -2.26. The highest BCUT2D eigenvalue weighted by atomic mass is 16.5. The number of guanidine groups is 1. The van der Waals surface area contributed by atoms with Gasteiger partial charge in [-0.2, -0.15) is 0 Å². The van der Waals surface area contributed by atoms with E-state index in [4.69, 9.17) is 4.74 Å². The Kier molecular flexibility index (Phi) is 9.43. The molecule has 6 nitrogen and oxygen atoms in total. The van der Waals surface area contributed by atoms with Gasteiger partial charge in [0.1, 0.15) is 0 Å². The Hall–Kier alpha value is -0.850. The zero-order valence-electron chi connectivity index (χ0n) is 14.9. The average molecular weight is 313 g/mol. The SMILES string of the molecule is CCNC(=NCCCN1CCOCC1)NCCNC(C)(C)C. The van der Waals surface area contributed by atoms with Crippen molar-refractivity contribution in [2.75, 3.05) is 59.0 Å². The zero-order valence-corrected chi connectivity index (χ0v) is 14.9. The summed E-state index contributed by atoms with van der Waals surface area (Å²) >= 11 is 0. The largest absolute Gasteiger partial charge is 0.379 e. The van der Waals surface area contributed by atoms with Crippen LogP contribution in [0.1, 0.15) is 34.1 Å². The molecule has 22 heavy (non-hydrogen) atoms. The molecule has 1 fully saturated rings. The Morgan fingerprint density at radius 1 is 1.14 bits per heavy atom. The average Bonchev–Trinajstić information content (AvgIpc) is 2.48. The predicted molar refractivity (Wildman–Crippen MR) is 93.6 cm³/mol. The number of aliphatic imine (C=N–C) groups is 1. The van der Waals surface area contributed by atoms with Crippen molar-refractivity contribution in [1.82, 2.24) is 20.9 Å². The van der Waals surface area contributed by atoms with Crippen molar-refractivity contribution in [2.24, 2.45) is 4.99 Å². The molecule has 0 saturated carbocycles. The number of hydrogen-bond donors (Lipinski definition) is 3. The van der Waals surface area contributed by atoms with Gasteiger partial charge < -0.3 is 20.7 Å². The van der Waals surface area contributed by atoms with E-state index < -0.39 is 0 Å². The van der Waals surface area contributed by atoms with Gasteiger partial charge >= 0.3 is 0 Å². The minimum absolute atomic E-state index is 0.162. The Morgan fingerprint density at radius 2 is 1.86 bits per heavy atom. The first-order valence-corrected chi connectivity index (χ1v) is 8.58. The van der Waals surface area contributed by atoms with Crippen LogP contribution in [-0.4, -0.2) is 75.4 Å². The van der Waals surface area contributed by atoms with Crippen LogP contribution >= 0.6 is 0 Å². The summed E-state index contributed by atoms with van der Waals surface area (Å²) in [4.78, 5) is 7.09. The number of nitrogens with one attached hydrogen (secondary N) is 3. The second-order valence-electron chi connectivity index (χ2n) is 6.67. The maximum Gasteiger partial charge on any atom is 0.191 e. The van der Waals surface area contributed by atoms with Gasteiger partial charge in [0.15, 0.2) is 5.96 Å². The van der Waals surface area contributed by atoms with Crippen LogP contribution in [-0.2, 0) is 4.74 Å². The molecule has 6 heteroatoms. The summed E-state index contributed by atoms with van der Waals surface area (Å²) in [6, 6.07) is 0. The fourth-order valence-corrected chi connectivity index (χ4v) is 2.27. The molecule has 0 aliphatic carbocycles. The second kappa shape index (κ2) is 10.8. The minimum atomic E-state index is 0.162. The highest BCUT2D eigenvalue weighted by molar-refractivity contribution is 5.79. The molecule has 0 aromatic carbocycles. The number of hydrogen-bond acceptors (Lipinski definition) is 4. The second-order valence-corrected chi connectivity index (χ2v) is 6.67. The van der Waals surface area contributed by atoms with Crippen molar-refractivity contribution in [2.45, 2.75) is 39.7 Å². The van der Waals surface area contributed by atoms with E-state index in [1.165, 1.54) is 0 Å². The Balaban J connectivity index is 2.17. The summed E-state index contributed by atoms with van der Waals surface area (Å²) in [5, 5.41) is 10.1. The first-order valence-electron chi connectivity index (χ1n) is 8.58. The van der Waals surface area contributed by atoms with Crippen molar-refractivity contribution in [3.63, 3.8) is 0 Å². The highest BCUT2D eigenvalue weighted by Gasteiger charge is 2.09. The monoisotopic (exact) mass is 313 g/mol. The molecular weight excluding hydrogens is 278 g/mol. The van der Waals surface area contributed by atoms with E-state index in [1.807, 2.05) is 0 Å². The molecular formula is C16H35N5O. The number of nitrogens with zero attached hydrogens (tertiary/aromatic N) is 2. The van der Waals surface area contributed by atoms with Gasteiger partial charge in [0.2, 0.25) is 0 Å². The van der Waals surface area contributed by atoms with Crippen molar-refractivity contribution in [3.05, 3.63) is 0 Å². The fourth-order valence-electron chi connectivity index (χ4n) is 2.27. The first kappa shape index (κ1) is 19.2. The lowest BCUT2D eigenvalue weighted by molar-refractivity contribution is 0.0377. The molecule has 0 radical (unpaired) electrons. The molecule has 0 atom stereocenters. The topological polar surface area (TPSA) is 60.9 Å². The molecule has 0 bridgehead atoms. The van der Waals surface area contributed by atoms with Gasteiger partial charge in [-0.15, -0.1) is 0 Å². The number of ether oxygens (including phenoxy) is 1. The minimum Gasteiger partial charge on any atom is -0.379 e. The standard InChI is InChI=1S/C16H35N5O/c1-5-17-15(19-8-9-20-16(2,3)4)18-7-6-10-21-11-13-22-14-12-21/h20H,5-14H2,1-4H3,(H2,17,18,19). The third-order valence-corrected chi connectivity index (χ3v) is 3.42. The summed E-state index contributed by atoms with van der Waals surface area (Å²) < 4.78 is 5.36. The molecule has 0 aromatic heterocycles. The van der Waals surface area contributed by atoms with E-state index >= 15 is 0 Å². The van der Waals surface area contributed by atoms with Crippen molar-refractivity contribution >= 4 is 5.96 Å². The molecule has 1 heterocycles. The first-order chi connectivity index (χ1) is 10.5. The molecule has 0 spiro atoms. The summed E-state index contributed by atoms with van der Waals surface area (Å²) in [5.41, 5.74) is 0.162. The van der Waals surface area contributed by atoms with Gasteiger partial charge in [-0.05, 0) is 34.1 Å². The summed E-state index contributed by atoms with van der Waals surface area (Å²) in [6.45, 7) is 17.2. The van der Waals surface area contributed by atoms with Gasteiger partial charge in [-0.1, -0.05) is 0 Å². The molecule has 1 aliphatic rings. The molecule has 0 unspecified atom stereocenters. The van der Waals surface area contributed by atoms with Crippen LogP contribution < -0.4 is 16.0 Å². The van der Waals surface area contributed by atoms with Crippen LogP contribution in [0.4, 0.5) is 0 Å². The third kappa shape index (κ3) is 9.97. The Labute approximate surface area is 136 Å². The van der Waals surface area contributed by atoms with E-state index in [9.17, 15) is 0 Å². The smallest absolute Gasteiger partial charge is 0.191 e. The summed E-state index contributed by atoms with van der Waals surface area (Å²) in [6.07, 6.45) is 1.09. The molecule has 3 N–H and O–H groups in total. The zero-order chi connectivity index (χ0) is 16.3. The van der Waals surface area contributed by atoms with E-state index in [-0.39, 0.29) is 5.54 Å². The maximum atomic E-state index is 5.36. The van der Waals surface area contributed by atoms with E-state index in [1.54, 1.807) is 0 Å². The van der Waals surface area contributed by atoms with Crippen molar-refractivity contribution < 1.29 is 4.74 Å². The van der Waals surface area contributed by atoms with Crippen LogP contribution in [0.3, 0.4) is 0 Å². The quantitative estimate of drug-likeness (QED) is 0.349. The van der Waals surface area contributed by atoms with Crippen LogP contribution in [0.2, 0.25) is 0 Å². The summed E-state index contributed by atoms with van der Waals surface area (Å²) in [5.74, 6) is 0.917. The predicted octanol–water partition coefficient (Wildman–Crippen LogP) is 0.652. The third-order valence-electron chi connectivity index (χ3n) is 3.42. The van der Waals surface area contributed by atoms with Gasteiger partial charge in [-0.3, -0.25) is 9.89 Å². The van der Waals surface area contributed by atoms with Gasteiger partial charge in [0.25, 0.3) is 0 Å². The lowest BCUT2D eigenvalue weighted by Crippen LogP contribution is -2.44. The highest BCUT2D eigenvalue weighted by Crippen LogP contribution is 1.98. The Morgan fingerprint density at radius 3 is 2.50 bits per heavy atom. The van der Waals surface area contributed by atoms with Gasteiger partial charge in [-0.25, -0.2) is 0 Å². The molecule has 0 aromatic rings. The Bertz CT molecular complexity index is 308. The summed E-state index contributed by atoms with van der Waals surface area (Å²) in [7, 11) is 0. The molecule has 1 rings (SSSR count). The van der Waals surface area contributed by atoms with Crippen molar-refractivity contribution in [1.29, 1.82) is 0 Å². The van der Waals surface area contributed by atoms with E-state index in [0.717, 1.165) is 71.4 Å². The van der Waals surface area contributed by atoms with Crippen LogP contribution in [0.5, 0.6) is 0 Å². The number of morpholine rings is 1. The maximum absolute atomic E-state index is 5.36. The molecule has 1 aliphatic heterocycles. The van der Waals surface area contributed by atoms with E-state index in [2.05, 4.69) is 53.5 Å². The van der Waals surface area contributed by atoms with Crippen molar-refractivity contribution in [3.8, 4) is 0 Å². The van der Waals surface area contributed by atoms with Crippen LogP contribution in [0.15, 0.2) is 4.99 Å². The molecule has 130 valence electrons. The molecule has 1 saturated heterocycles. The van der Waals surface area contributed by atoms with E-state index in [0.29, 0.717) is 0 Å². The fraction of sp³-hybridized carbons (Fsp3) is 0.938. The van der Waals surface area contributed by atoms with Gasteiger partial charge in [0.05, 0.1) is 13.2 Å². The normalized spacial score (nSPS) is 17.5. The van der Waals surface area contributed by atoms with Crippen LogP contribution in [0, 0.1) is 0 Å². The molecule has 0 amide bonds. The lowest BCUT2D eigenvalue weighted by atomic mass is 10.1. The van der Waals surface area contributed by atoms with Gasteiger partial charge in [0, 0.05) is 51.4 Å².